The van der Waals surface area contributed by atoms with Crippen LogP contribution in [0.2, 0.25) is 0 Å². The number of hydrogen-bond acceptors (Lipinski definition) is 2. The Hall–Kier alpha value is -1.42. The summed E-state index contributed by atoms with van der Waals surface area (Å²) in [4.78, 5) is 0. The van der Waals surface area contributed by atoms with Gasteiger partial charge in [0.1, 0.15) is 5.76 Å². The Bertz CT molecular complexity index is 396. The Balaban J connectivity index is 0. The van der Waals surface area contributed by atoms with Gasteiger partial charge in [-0.3, -0.25) is 0 Å². The molecule has 0 aromatic carbocycles. The Kier molecular flexibility index (Phi) is 12.8. The summed E-state index contributed by atoms with van der Waals surface area (Å²) >= 11 is 0. The molecule has 0 spiro atoms. The summed E-state index contributed by atoms with van der Waals surface area (Å²) < 4.78 is 36.7. The minimum atomic E-state index is -1.13. The van der Waals surface area contributed by atoms with Gasteiger partial charge in [0.15, 0.2) is 5.83 Å². The Labute approximate surface area is 127 Å². The highest BCUT2D eigenvalue weighted by Gasteiger charge is 2.14. The standard InChI is InChI=1S/C14H20F2O2.C3H8/c1-9(7-8-10(2)17-5)11(3)13(15)14(16)12(4)18-6;1-3-2/h7,10H,3-4,8H2,1-2,5-6H3;3H2,1-2H3/b9-7+,14-13-;. The van der Waals surface area contributed by atoms with Crippen LogP contribution in [0.25, 0.3) is 0 Å². The minimum Gasteiger partial charge on any atom is -0.494 e. The van der Waals surface area contributed by atoms with Crippen LogP contribution in [0.3, 0.4) is 0 Å². The molecule has 0 rings (SSSR count). The van der Waals surface area contributed by atoms with E-state index in [1.807, 2.05) is 6.92 Å². The first-order chi connectivity index (χ1) is 9.76. The predicted molar refractivity (Wildman–Crippen MR) is 85.3 cm³/mol. The Morgan fingerprint density at radius 2 is 1.62 bits per heavy atom. The molecular weight excluding hydrogens is 274 g/mol. The van der Waals surface area contributed by atoms with Crippen molar-refractivity contribution in [2.75, 3.05) is 14.2 Å². The molecule has 0 aliphatic carbocycles. The summed E-state index contributed by atoms with van der Waals surface area (Å²) in [6, 6.07) is 0. The lowest BCUT2D eigenvalue weighted by Gasteiger charge is -2.09. The Morgan fingerprint density at radius 3 is 2.00 bits per heavy atom. The maximum atomic E-state index is 13.7. The fourth-order valence-corrected chi connectivity index (χ4v) is 1.08. The van der Waals surface area contributed by atoms with Crippen molar-refractivity contribution in [2.24, 2.45) is 0 Å². The zero-order valence-corrected chi connectivity index (χ0v) is 14.1. The monoisotopic (exact) mass is 302 g/mol. The van der Waals surface area contributed by atoms with E-state index in [4.69, 9.17) is 4.74 Å². The van der Waals surface area contributed by atoms with Crippen molar-refractivity contribution in [1.82, 2.24) is 0 Å². The van der Waals surface area contributed by atoms with Gasteiger partial charge >= 0.3 is 0 Å². The highest BCUT2D eigenvalue weighted by Crippen LogP contribution is 2.26. The van der Waals surface area contributed by atoms with Gasteiger partial charge in [-0.1, -0.05) is 39.5 Å². The molecule has 1 atom stereocenters. The molecule has 0 N–H and O–H groups in total. The molecule has 0 aromatic rings. The summed E-state index contributed by atoms with van der Waals surface area (Å²) in [7, 11) is 2.81. The van der Waals surface area contributed by atoms with Gasteiger partial charge in [-0.2, -0.15) is 4.39 Å². The van der Waals surface area contributed by atoms with Crippen LogP contribution in [0, 0.1) is 0 Å². The van der Waals surface area contributed by atoms with E-state index in [0.717, 1.165) is 0 Å². The quantitative estimate of drug-likeness (QED) is 0.447. The van der Waals surface area contributed by atoms with Crippen molar-refractivity contribution in [3.63, 3.8) is 0 Å². The summed E-state index contributed by atoms with van der Waals surface area (Å²) in [6.45, 7) is 14.6. The van der Waals surface area contributed by atoms with Gasteiger partial charge in [-0.15, -0.1) is 0 Å². The number of methoxy groups -OCH3 is 2. The lowest BCUT2D eigenvalue weighted by molar-refractivity contribution is 0.121. The van der Waals surface area contributed by atoms with E-state index < -0.39 is 11.7 Å². The van der Waals surface area contributed by atoms with E-state index in [9.17, 15) is 8.78 Å². The van der Waals surface area contributed by atoms with Crippen LogP contribution in [-0.2, 0) is 9.47 Å². The first kappa shape index (κ1) is 21.9. The molecule has 0 aliphatic heterocycles. The van der Waals surface area contributed by atoms with E-state index in [-0.39, 0.29) is 17.4 Å². The van der Waals surface area contributed by atoms with Crippen molar-refractivity contribution < 1.29 is 18.3 Å². The van der Waals surface area contributed by atoms with Crippen LogP contribution in [0.4, 0.5) is 8.78 Å². The topological polar surface area (TPSA) is 18.5 Å². The molecule has 0 aliphatic rings. The fourth-order valence-electron chi connectivity index (χ4n) is 1.08. The molecule has 0 fully saturated rings. The van der Waals surface area contributed by atoms with Gasteiger partial charge in [0, 0.05) is 12.7 Å². The molecule has 0 amide bonds. The highest BCUT2D eigenvalue weighted by atomic mass is 19.2. The number of halogens is 2. The molecule has 0 bridgehead atoms. The molecule has 1 unspecified atom stereocenters. The van der Waals surface area contributed by atoms with E-state index in [2.05, 4.69) is 31.7 Å². The summed E-state index contributed by atoms with van der Waals surface area (Å²) in [5, 5.41) is 0. The van der Waals surface area contributed by atoms with E-state index in [0.29, 0.717) is 12.0 Å². The molecule has 0 radical (unpaired) electrons. The normalized spacial score (nSPS) is 13.6. The SMILES string of the molecule is C=C(OC)/C(F)=C(/F)C(=C)/C(C)=C/CC(C)OC.CCC. The Morgan fingerprint density at radius 1 is 1.14 bits per heavy atom. The molecule has 4 heteroatoms. The predicted octanol–water partition coefficient (Wildman–Crippen LogP) is 5.64. The fraction of sp³-hybridized carbons (Fsp3) is 0.529. The van der Waals surface area contributed by atoms with Crippen molar-refractivity contribution in [3.8, 4) is 0 Å². The summed E-state index contributed by atoms with van der Waals surface area (Å²) in [5.41, 5.74) is 0.532. The van der Waals surface area contributed by atoms with Crippen molar-refractivity contribution >= 4 is 0 Å². The number of rotatable bonds is 7. The molecule has 0 heterocycles. The smallest absolute Gasteiger partial charge is 0.200 e. The molecule has 0 saturated heterocycles. The van der Waals surface area contributed by atoms with E-state index >= 15 is 0 Å². The van der Waals surface area contributed by atoms with Crippen LogP contribution < -0.4 is 0 Å². The lowest BCUT2D eigenvalue weighted by Crippen LogP contribution is -2.02. The zero-order chi connectivity index (χ0) is 17.0. The van der Waals surface area contributed by atoms with Crippen LogP contribution in [-0.4, -0.2) is 20.3 Å². The maximum absolute atomic E-state index is 13.7. The molecule has 2 nitrogen and oxygen atoms in total. The minimum absolute atomic E-state index is 0.0126. The van der Waals surface area contributed by atoms with Crippen LogP contribution in [0.5, 0.6) is 0 Å². The van der Waals surface area contributed by atoms with Crippen LogP contribution in [0.15, 0.2) is 47.8 Å². The van der Waals surface area contributed by atoms with Crippen molar-refractivity contribution in [3.05, 3.63) is 47.8 Å². The van der Waals surface area contributed by atoms with Gasteiger partial charge in [0.25, 0.3) is 0 Å². The average molecular weight is 302 g/mol. The first-order valence-electron chi connectivity index (χ1n) is 6.94. The number of hydrogen-bond donors (Lipinski definition) is 0. The zero-order valence-electron chi connectivity index (χ0n) is 14.1. The van der Waals surface area contributed by atoms with Crippen LogP contribution in [0.1, 0.15) is 40.5 Å². The largest absolute Gasteiger partial charge is 0.494 e. The maximum Gasteiger partial charge on any atom is 0.200 e. The highest BCUT2D eigenvalue weighted by molar-refractivity contribution is 5.44. The second kappa shape index (κ2) is 12.3. The van der Waals surface area contributed by atoms with E-state index in [1.54, 1.807) is 20.1 Å². The van der Waals surface area contributed by atoms with Gasteiger partial charge in [0.05, 0.1) is 13.2 Å². The molecule has 0 aromatic heterocycles. The molecule has 122 valence electrons. The number of ether oxygens (including phenoxy) is 2. The lowest BCUT2D eigenvalue weighted by atomic mass is 10.1. The van der Waals surface area contributed by atoms with Gasteiger partial charge in [0.2, 0.25) is 5.83 Å². The van der Waals surface area contributed by atoms with Gasteiger partial charge < -0.3 is 9.47 Å². The first-order valence-corrected chi connectivity index (χ1v) is 6.94. The third-order valence-corrected chi connectivity index (χ3v) is 2.58. The summed E-state index contributed by atoms with van der Waals surface area (Å²) in [6.07, 6.45) is 3.61. The second-order valence-electron chi connectivity index (χ2n) is 4.61. The average Bonchev–Trinajstić information content (AvgIpc) is 2.49. The van der Waals surface area contributed by atoms with Gasteiger partial charge in [-0.25, -0.2) is 4.39 Å². The van der Waals surface area contributed by atoms with Gasteiger partial charge in [-0.05, 0) is 25.8 Å². The third-order valence-electron chi connectivity index (χ3n) is 2.58. The van der Waals surface area contributed by atoms with Crippen molar-refractivity contribution in [1.29, 1.82) is 0 Å². The molecule has 0 saturated carbocycles. The number of allylic oxidation sites excluding steroid dienone is 4. The molecule has 21 heavy (non-hydrogen) atoms. The molecular formula is C17H28F2O2. The second-order valence-corrected chi connectivity index (χ2v) is 4.61. The van der Waals surface area contributed by atoms with Crippen molar-refractivity contribution in [2.45, 2.75) is 46.6 Å². The summed E-state index contributed by atoms with van der Waals surface area (Å²) in [5.74, 6) is -2.54. The van der Waals surface area contributed by atoms with Crippen LogP contribution >= 0.6 is 0 Å². The third kappa shape index (κ3) is 9.19. The van der Waals surface area contributed by atoms with E-state index in [1.165, 1.54) is 13.5 Å².